The van der Waals surface area contributed by atoms with Gasteiger partial charge in [-0.3, -0.25) is 29.0 Å². The molecule has 1 N–H and O–H groups in total. The molecule has 20 nitrogen and oxygen atoms in total. The minimum Gasteiger partial charge on any atom is -0.461 e. The number of methoxy groups -OCH3 is 2. The number of hydrogen-bond acceptors (Lipinski definition) is 19. The number of benzene rings is 4. The number of Topliss-reactive ketones (excluding diaryl/α,β-unsaturated/α-hetero) is 4. The van der Waals surface area contributed by atoms with Gasteiger partial charge < -0.3 is 45.9 Å². The summed E-state index contributed by atoms with van der Waals surface area (Å²) in [7, 11) is 3.08. The van der Waals surface area contributed by atoms with E-state index in [4.69, 9.17) is 45.3 Å². The van der Waals surface area contributed by atoms with Gasteiger partial charge in [-0.05, 0) is 133 Å². The third-order valence-electron chi connectivity index (χ3n) is 19.0. The van der Waals surface area contributed by atoms with Crippen LogP contribution in [0.3, 0.4) is 0 Å². The number of carbonyl (C=O) groups excluding carboxylic acids is 8. The second-order valence-electron chi connectivity index (χ2n) is 25.9. The average molecular weight is 1430 g/mol. The Morgan fingerprint density at radius 3 is 1.45 bits per heavy atom. The molecule has 4 aliphatic carbocycles. The number of halogens is 1. The van der Waals surface area contributed by atoms with Crippen molar-refractivity contribution in [3.8, 4) is 22.3 Å². The van der Waals surface area contributed by atoms with E-state index in [9.17, 15) is 38.4 Å². The van der Waals surface area contributed by atoms with E-state index >= 15 is 0 Å². The summed E-state index contributed by atoms with van der Waals surface area (Å²) in [5.74, 6) is -1.35. The van der Waals surface area contributed by atoms with Crippen LogP contribution in [0.4, 0.5) is 9.59 Å². The number of ether oxygens (including phenoxy) is 6. The molecule has 1 spiro atoms. The summed E-state index contributed by atoms with van der Waals surface area (Å²) in [5.41, 5.74) is 8.94. The predicted molar refractivity (Wildman–Crippen MR) is 377 cm³/mol. The van der Waals surface area contributed by atoms with Crippen molar-refractivity contribution in [1.82, 2.24) is 9.80 Å². The van der Waals surface area contributed by atoms with Crippen LogP contribution in [-0.2, 0) is 62.0 Å². The Hall–Kier alpha value is -6.08. The van der Waals surface area contributed by atoms with E-state index in [2.05, 4.69) is 89.7 Å². The SMILES string of the molecule is C=C1C[C@@H](C(=O)C[C@@H](CCC)C(OC)C(=O)CC2CC2)N(C(=O)OCC2c3ccccc3-c3ccccc32)C1.CCC[C@H](CC(=O)[C@@H]1C[C@]2(CC(C(=O)OCC)=NO2)CN1C(=O)OCC1c2ccccc2-c2ccccc21)C(OC)C(=O)CC1CC1.CCOC(=O)/C(Cl)=N/O.CS.[CH3-].[K+]. The number of carbonyl (C=O) groups is 8. The first-order chi connectivity index (χ1) is 46.9. The molecule has 2 unspecified atom stereocenters. The molecule has 7 aliphatic rings. The molecule has 23 heteroatoms. The molecule has 2 amide bonds. The van der Waals surface area contributed by atoms with E-state index in [1.54, 1.807) is 27.2 Å². The van der Waals surface area contributed by atoms with E-state index in [1.807, 2.05) is 55.5 Å². The van der Waals surface area contributed by atoms with Gasteiger partial charge in [0.1, 0.15) is 25.4 Å². The molecule has 2 saturated heterocycles. The van der Waals surface area contributed by atoms with Crippen LogP contribution in [0.15, 0.2) is 120 Å². The maximum atomic E-state index is 14.2. The number of ketones is 4. The second kappa shape index (κ2) is 39.4. The third kappa shape index (κ3) is 20.8. The molecular formula is C76H96ClKN4O16S. The fourth-order valence-electron chi connectivity index (χ4n) is 14.2. The molecule has 3 heterocycles. The second-order valence-corrected chi connectivity index (χ2v) is 26.2. The van der Waals surface area contributed by atoms with Crippen molar-refractivity contribution in [3.63, 3.8) is 0 Å². The summed E-state index contributed by atoms with van der Waals surface area (Å²) in [6.45, 7) is 12.5. The summed E-state index contributed by atoms with van der Waals surface area (Å²) in [6, 6.07) is 31.1. The van der Waals surface area contributed by atoms with Crippen molar-refractivity contribution in [2.75, 3.05) is 60.0 Å². The van der Waals surface area contributed by atoms with Gasteiger partial charge in [0.15, 0.2) is 34.4 Å². The molecule has 3 aliphatic heterocycles. The Balaban J connectivity index is 0.000000270. The Bertz CT molecular complexity index is 3450. The first-order valence-electron chi connectivity index (χ1n) is 33.9. The summed E-state index contributed by atoms with van der Waals surface area (Å²) in [5, 5.41) is 13.8. The number of thiol groups is 1. The van der Waals surface area contributed by atoms with Crippen molar-refractivity contribution in [2.45, 2.75) is 166 Å². The Morgan fingerprint density at radius 2 is 1.06 bits per heavy atom. The van der Waals surface area contributed by atoms with E-state index in [1.165, 1.54) is 28.0 Å². The Labute approximate surface area is 635 Å². The third-order valence-corrected chi connectivity index (χ3v) is 19.3. The zero-order chi connectivity index (χ0) is 69.9. The Morgan fingerprint density at radius 1 is 0.646 bits per heavy atom. The number of amides is 2. The number of likely N-dealkylation sites (tertiary alicyclic amines) is 2. The topological polar surface area (TPSA) is 253 Å². The minimum atomic E-state index is -1.06. The minimum absolute atomic E-state index is 0. The van der Waals surface area contributed by atoms with E-state index in [-0.39, 0.29) is 170 Å². The molecule has 2 saturated carbocycles. The van der Waals surface area contributed by atoms with Crippen molar-refractivity contribution < 1.29 is 128 Å². The van der Waals surface area contributed by atoms with Crippen LogP contribution < -0.4 is 51.4 Å². The number of oxime groups is 2. The quantitative estimate of drug-likeness (QED) is 0.00617. The van der Waals surface area contributed by atoms with Crippen LogP contribution in [0.5, 0.6) is 0 Å². The molecule has 11 rings (SSSR count). The number of rotatable bonds is 28. The first kappa shape index (κ1) is 81.9. The van der Waals surface area contributed by atoms with Crippen LogP contribution in [0, 0.1) is 31.1 Å². The van der Waals surface area contributed by atoms with Gasteiger partial charge in [0, 0.05) is 71.1 Å². The molecule has 530 valence electrons. The number of nitrogens with zero attached hydrogens (tertiary/aromatic N) is 4. The molecule has 0 bridgehead atoms. The molecule has 99 heavy (non-hydrogen) atoms. The standard InChI is InChI=1S/C37H44N2O8.C33H39NO5.C4H6ClNO3.CH4S.CH3.K/c1-4-10-24(34(44-3)33(41)17-23-15-16-23)18-32(40)31-20-37(19-30(38-47-37)35(42)45-5-2)22-39(31)36(43)46-21-29-27-13-8-6-11-25(27)26-12-7-9-14-28(26)29;1-4-9-23(32(38-3)31(36)17-22-14-15-22)18-30(35)29-16-21(2)19-34(29)33(37)39-20-28-26-12-7-5-10-24(26)25-11-6-8-13-27(25)28;1-2-9-4(7)3(5)6-8;1-2;;/h6-9,11-14,23-24,29,31,34H,4-5,10,15-22H2,1-3H3;5-8,10-13,22-23,28-29,32H,2,4,9,14-20H2,1,3H3;8H,2H2,1H3;2H,1H3;1H3;/q;;;;-1;+1/b;;6-3-;;;/t24-,31+,34?,37-;23-,29+,32?;;;;/m11..../s1. The molecule has 4 aromatic rings. The van der Waals surface area contributed by atoms with Gasteiger partial charge >= 0.3 is 75.5 Å². The average Bonchev–Trinajstić information content (AvgIpc) is 1.62. The zero-order valence-corrected chi connectivity index (χ0v) is 63.5. The smallest absolute Gasteiger partial charge is 0.461 e. The molecule has 0 aromatic heterocycles. The van der Waals surface area contributed by atoms with Gasteiger partial charge in [-0.1, -0.05) is 158 Å². The van der Waals surface area contributed by atoms with Gasteiger partial charge in [0.05, 0.1) is 31.8 Å². The van der Waals surface area contributed by atoms with Crippen LogP contribution in [0.2, 0.25) is 0 Å². The van der Waals surface area contributed by atoms with Crippen molar-refractivity contribution in [3.05, 3.63) is 139 Å². The monoisotopic (exact) mass is 1430 g/mol. The maximum absolute atomic E-state index is 14.2. The van der Waals surface area contributed by atoms with Crippen LogP contribution in [-0.4, -0.2) is 163 Å². The summed E-state index contributed by atoms with van der Waals surface area (Å²) in [6.07, 6.45) is 8.54. The zero-order valence-electron chi connectivity index (χ0n) is 58.8. The number of hydrogen-bond donors (Lipinski definition) is 2. The van der Waals surface area contributed by atoms with E-state index in [0.717, 1.165) is 83.9 Å². The maximum Gasteiger partial charge on any atom is 1.00 e. The van der Waals surface area contributed by atoms with Crippen LogP contribution in [0.1, 0.15) is 158 Å². The van der Waals surface area contributed by atoms with Crippen LogP contribution >= 0.6 is 24.2 Å². The van der Waals surface area contributed by atoms with Crippen molar-refractivity contribution in [1.29, 1.82) is 0 Å². The number of esters is 2. The molecule has 4 aromatic carbocycles. The summed E-state index contributed by atoms with van der Waals surface area (Å²) < 4.78 is 32.7. The largest absolute Gasteiger partial charge is 1.00 e. The fourth-order valence-corrected chi connectivity index (χ4v) is 14.3. The van der Waals surface area contributed by atoms with Gasteiger partial charge in [-0.15, -0.1) is 0 Å². The van der Waals surface area contributed by atoms with Crippen LogP contribution in [0.25, 0.3) is 22.3 Å². The van der Waals surface area contributed by atoms with Gasteiger partial charge in [-0.2, -0.15) is 12.6 Å². The fraction of sp³-hybridized carbons (Fsp3) is 0.513. The van der Waals surface area contributed by atoms with Gasteiger partial charge in [-0.25, -0.2) is 19.2 Å². The van der Waals surface area contributed by atoms with Gasteiger partial charge in [0.2, 0.25) is 0 Å². The number of fused-ring (bicyclic) bond motifs is 6. The first-order valence-corrected chi connectivity index (χ1v) is 35.1. The van der Waals surface area contributed by atoms with Crippen molar-refractivity contribution >= 4 is 82.4 Å². The predicted octanol–water partition coefficient (Wildman–Crippen LogP) is 10.7. The van der Waals surface area contributed by atoms with E-state index in [0.29, 0.717) is 44.1 Å². The Kier molecular flexibility index (Phi) is 32.6. The summed E-state index contributed by atoms with van der Waals surface area (Å²) in [4.78, 5) is 113. The van der Waals surface area contributed by atoms with E-state index < -0.39 is 59.2 Å². The van der Waals surface area contributed by atoms with Gasteiger partial charge in [0.25, 0.3) is 5.17 Å². The van der Waals surface area contributed by atoms with Crippen molar-refractivity contribution in [2.24, 2.45) is 34.0 Å². The normalized spacial score (nSPS) is 19.7. The molecular weight excluding hydrogens is 1330 g/mol. The molecule has 7 atom stereocenters. The summed E-state index contributed by atoms with van der Waals surface area (Å²) >= 11 is 8.55. The molecule has 4 fully saturated rings. The molecule has 0 radical (unpaired) electrons.